The molecular weight excluding hydrogens is 432 g/mol. The van der Waals surface area contributed by atoms with Crippen LogP contribution in [0.1, 0.15) is 76.8 Å². The summed E-state index contributed by atoms with van der Waals surface area (Å²) >= 11 is 0. The van der Waals surface area contributed by atoms with Crippen molar-refractivity contribution in [3.8, 4) is 0 Å². The van der Waals surface area contributed by atoms with Crippen molar-refractivity contribution in [1.82, 2.24) is 16.0 Å². The van der Waals surface area contributed by atoms with Crippen LogP contribution in [0.4, 0.5) is 4.79 Å². The molecule has 0 aliphatic carbocycles. The first-order valence-corrected chi connectivity index (χ1v) is 12.4. The van der Waals surface area contributed by atoms with Gasteiger partial charge in [0.1, 0.15) is 11.6 Å². The Morgan fingerprint density at radius 1 is 1.15 bits per heavy atom. The Bertz CT molecular complexity index is 798. The molecule has 8 heteroatoms. The van der Waals surface area contributed by atoms with Gasteiger partial charge in [0.15, 0.2) is 0 Å². The zero-order valence-corrected chi connectivity index (χ0v) is 21.1. The highest BCUT2D eigenvalue weighted by Crippen LogP contribution is 2.25. The van der Waals surface area contributed by atoms with Crippen molar-refractivity contribution in [3.05, 3.63) is 35.4 Å². The van der Waals surface area contributed by atoms with Crippen molar-refractivity contribution in [2.75, 3.05) is 19.6 Å². The van der Waals surface area contributed by atoms with E-state index >= 15 is 0 Å². The summed E-state index contributed by atoms with van der Waals surface area (Å²) in [4.78, 5) is 36.1. The molecule has 2 rings (SSSR count). The molecule has 1 aliphatic heterocycles. The Morgan fingerprint density at radius 2 is 1.79 bits per heavy atom. The Hall–Kier alpha value is -2.61. The third-order valence-electron chi connectivity index (χ3n) is 5.98. The highest BCUT2D eigenvalue weighted by molar-refractivity contribution is 5.86. The molecule has 3 amide bonds. The predicted octanol–water partition coefficient (Wildman–Crippen LogP) is 3.00. The first-order valence-electron chi connectivity index (χ1n) is 12.4. The molecule has 2 atom stereocenters. The topological polar surface area (TPSA) is 123 Å². The van der Waals surface area contributed by atoms with Crippen molar-refractivity contribution in [2.45, 2.75) is 83.8 Å². The van der Waals surface area contributed by atoms with E-state index in [1.165, 1.54) is 5.56 Å². The summed E-state index contributed by atoms with van der Waals surface area (Å²) in [6.07, 6.45) is 4.00. The van der Waals surface area contributed by atoms with Gasteiger partial charge < -0.3 is 26.4 Å². The molecule has 1 aromatic carbocycles. The monoisotopic (exact) mass is 474 g/mol. The number of ether oxygens (including phenoxy) is 1. The Labute approximate surface area is 203 Å². The van der Waals surface area contributed by atoms with E-state index in [0.717, 1.165) is 44.3 Å². The van der Waals surface area contributed by atoms with Crippen LogP contribution in [-0.4, -0.2) is 49.2 Å². The largest absolute Gasteiger partial charge is 0.444 e. The van der Waals surface area contributed by atoms with Crippen LogP contribution < -0.4 is 21.7 Å². The number of hydrogen-bond acceptors (Lipinski definition) is 5. The molecular formula is C26H42N4O4. The van der Waals surface area contributed by atoms with Gasteiger partial charge in [-0.15, -0.1) is 0 Å². The average molecular weight is 475 g/mol. The molecule has 1 aromatic rings. The number of primary amides is 1. The van der Waals surface area contributed by atoms with E-state index in [0.29, 0.717) is 25.3 Å². The summed E-state index contributed by atoms with van der Waals surface area (Å²) in [6, 6.07) is 7.56. The number of nitrogens with one attached hydrogen (secondary N) is 3. The second-order valence-corrected chi connectivity index (χ2v) is 10.4. The van der Waals surface area contributed by atoms with Crippen LogP contribution >= 0.6 is 0 Å². The molecule has 34 heavy (non-hydrogen) atoms. The molecule has 1 heterocycles. The summed E-state index contributed by atoms with van der Waals surface area (Å²) in [7, 11) is 0. The minimum Gasteiger partial charge on any atom is -0.444 e. The van der Waals surface area contributed by atoms with Crippen LogP contribution in [0.15, 0.2) is 24.3 Å². The second-order valence-electron chi connectivity index (χ2n) is 10.4. The quantitative estimate of drug-likeness (QED) is 0.367. The molecule has 0 radical (unpaired) electrons. The SMILES string of the molecule is CC(CCCNC(=O)OC(C)(C)C)CC(=O)NC(Cc1ccc(C2CCNCC2)cc1)C(N)=O. The van der Waals surface area contributed by atoms with Gasteiger partial charge in [-0.1, -0.05) is 31.2 Å². The lowest BCUT2D eigenvalue weighted by molar-refractivity contribution is -0.127. The van der Waals surface area contributed by atoms with Gasteiger partial charge in [0.2, 0.25) is 11.8 Å². The first kappa shape index (κ1) is 27.6. The smallest absolute Gasteiger partial charge is 0.407 e. The predicted molar refractivity (Wildman–Crippen MR) is 133 cm³/mol. The molecule has 0 saturated carbocycles. The van der Waals surface area contributed by atoms with Crippen LogP contribution in [0.2, 0.25) is 0 Å². The minimum atomic E-state index is -0.738. The summed E-state index contributed by atoms with van der Waals surface area (Å²) in [5.41, 5.74) is 7.34. The summed E-state index contributed by atoms with van der Waals surface area (Å²) in [5, 5.41) is 8.90. The summed E-state index contributed by atoms with van der Waals surface area (Å²) in [5.74, 6) is -0.0475. The molecule has 0 spiro atoms. The van der Waals surface area contributed by atoms with Gasteiger partial charge in [0.05, 0.1) is 0 Å². The van der Waals surface area contributed by atoms with Crippen LogP contribution in [0.5, 0.6) is 0 Å². The summed E-state index contributed by atoms with van der Waals surface area (Å²) in [6.45, 7) is 10.00. The van der Waals surface area contributed by atoms with Gasteiger partial charge in [-0.25, -0.2) is 4.79 Å². The fraction of sp³-hybridized carbons (Fsp3) is 0.654. The number of carbonyl (C=O) groups is 3. The number of carbonyl (C=O) groups excluding carboxylic acids is 3. The van der Waals surface area contributed by atoms with Gasteiger partial charge in [0, 0.05) is 19.4 Å². The maximum atomic E-state index is 12.5. The van der Waals surface area contributed by atoms with Gasteiger partial charge in [0.25, 0.3) is 0 Å². The van der Waals surface area contributed by atoms with Crippen LogP contribution in [-0.2, 0) is 20.7 Å². The number of nitrogens with two attached hydrogens (primary N) is 1. The highest BCUT2D eigenvalue weighted by Gasteiger charge is 2.21. The maximum Gasteiger partial charge on any atom is 0.407 e. The first-order chi connectivity index (χ1) is 16.0. The van der Waals surface area contributed by atoms with E-state index in [4.69, 9.17) is 10.5 Å². The average Bonchev–Trinajstić information content (AvgIpc) is 2.76. The normalized spacial score (nSPS) is 16.4. The van der Waals surface area contributed by atoms with Crippen molar-refractivity contribution < 1.29 is 19.1 Å². The number of hydrogen-bond donors (Lipinski definition) is 4. The van der Waals surface area contributed by atoms with Crippen LogP contribution in [0.25, 0.3) is 0 Å². The van der Waals surface area contributed by atoms with E-state index in [1.54, 1.807) is 0 Å². The van der Waals surface area contributed by atoms with E-state index in [9.17, 15) is 14.4 Å². The maximum absolute atomic E-state index is 12.5. The van der Waals surface area contributed by atoms with Crippen molar-refractivity contribution in [2.24, 2.45) is 11.7 Å². The number of piperidine rings is 1. The fourth-order valence-corrected chi connectivity index (χ4v) is 4.17. The number of amides is 3. The molecule has 0 aromatic heterocycles. The van der Waals surface area contributed by atoms with Gasteiger partial charge in [-0.05, 0) is 82.5 Å². The van der Waals surface area contributed by atoms with E-state index in [2.05, 4.69) is 28.1 Å². The molecule has 8 nitrogen and oxygen atoms in total. The lowest BCUT2D eigenvalue weighted by Crippen LogP contribution is -2.46. The van der Waals surface area contributed by atoms with Gasteiger partial charge in [-0.3, -0.25) is 9.59 Å². The molecule has 1 aliphatic rings. The Kier molecular flexibility index (Phi) is 10.8. The van der Waals surface area contributed by atoms with Crippen LogP contribution in [0, 0.1) is 5.92 Å². The lowest BCUT2D eigenvalue weighted by atomic mass is 9.89. The highest BCUT2D eigenvalue weighted by atomic mass is 16.6. The molecule has 0 bridgehead atoms. The fourth-order valence-electron chi connectivity index (χ4n) is 4.17. The van der Waals surface area contributed by atoms with Crippen molar-refractivity contribution in [3.63, 3.8) is 0 Å². The van der Waals surface area contributed by atoms with Crippen molar-refractivity contribution >= 4 is 17.9 Å². The van der Waals surface area contributed by atoms with E-state index < -0.39 is 23.6 Å². The zero-order chi connectivity index (χ0) is 25.1. The standard InChI is InChI=1S/C26H42N4O4/c1-18(6-5-13-29-25(33)34-26(2,3)4)16-23(31)30-22(24(27)32)17-19-7-9-20(10-8-19)21-11-14-28-15-12-21/h7-10,18,21-22,28H,5-6,11-17H2,1-4H3,(H2,27,32)(H,29,33)(H,30,31). The number of alkyl carbamates (subject to hydrolysis) is 1. The molecule has 190 valence electrons. The van der Waals surface area contributed by atoms with Gasteiger partial charge in [-0.2, -0.15) is 0 Å². The molecule has 1 saturated heterocycles. The third-order valence-corrected chi connectivity index (χ3v) is 5.98. The Balaban J connectivity index is 1.74. The lowest BCUT2D eigenvalue weighted by Gasteiger charge is -2.23. The van der Waals surface area contributed by atoms with Crippen molar-refractivity contribution in [1.29, 1.82) is 0 Å². The number of benzene rings is 1. The zero-order valence-electron chi connectivity index (χ0n) is 21.1. The third kappa shape index (κ3) is 10.5. The van der Waals surface area contributed by atoms with Crippen LogP contribution in [0.3, 0.4) is 0 Å². The molecule has 5 N–H and O–H groups in total. The molecule has 1 fully saturated rings. The number of rotatable bonds is 11. The van der Waals surface area contributed by atoms with E-state index in [-0.39, 0.29) is 11.8 Å². The molecule has 2 unspecified atom stereocenters. The Morgan fingerprint density at radius 3 is 2.38 bits per heavy atom. The summed E-state index contributed by atoms with van der Waals surface area (Å²) < 4.78 is 5.20. The minimum absolute atomic E-state index is 0.109. The van der Waals surface area contributed by atoms with Gasteiger partial charge >= 0.3 is 6.09 Å². The second kappa shape index (κ2) is 13.3. The van der Waals surface area contributed by atoms with E-state index in [1.807, 2.05) is 39.8 Å².